The van der Waals surface area contributed by atoms with E-state index in [2.05, 4.69) is 4.98 Å². The van der Waals surface area contributed by atoms with Crippen LogP contribution in [0.2, 0.25) is 0 Å². The number of rotatable bonds is 5. The minimum absolute atomic E-state index is 0.0595. The van der Waals surface area contributed by atoms with Crippen LogP contribution in [0.25, 0.3) is 10.9 Å². The van der Waals surface area contributed by atoms with Crippen molar-refractivity contribution >= 4 is 22.6 Å². The van der Waals surface area contributed by atoms with Crippen LogP contribution in [0, 0.1) is 12.7 Å². The standard InChI is InChI=1S/C23H21FN2O3/c1-13-15(16-7-4-6-10-19(16)25-13)11-12-26-21(17-8-3-5-9-18(17)24)20(14(2)27)22(28)23(26)29/h3-10,21,25,28H,11-12H2,1-2H3. The monoisotopic (exact) mass is 392 g/mol. The molecule has 0 fully saturated rings. The molecule has 1 atom stereocenters. The van der Waals surface area contributed by atoms with Crippen LogP contribution in [0.5, 0.6) is 0 Å². The molecule has 2 aromatic carbocycles. The Morgan fingerprint density at radius 3 is 2.59 bits per heavy atom. The molecule has 6 heteroatoms. The van der Waals surface area contributed by atoms with E-state index in [4.69, 9.17) is 0 Å². The Hall–Kier alpha value is -3.41. The molecule has 0 bridgehead atoms. The van der Waals surface area contributed by atoms with Gasteiger partial charge >= 0.3 is 0 Å². The highest BCUT2D eigenvalue weighted by atomic mass is 19.1. The SMILES string of the molecule is CC(=O)C1=C(O)C(=O)N(CCc2c(C)[nH]c3ccccc23)C1c1ccccc1F. The Labute approximate surface area is 167 Å². The third-order valence-corrected chi connectivity index (χ3v) is 5.51. The highest BCUT2D eigenvalue weighted by molar-refractivity contribution is 6.08. The van der Waals surface area contributed by atoms with Gasteiger partial charge in [0.25, 0.3) is 5.91 Å². The maximum atomic E-state index is 14.5. The maximum Gasteiger partial charge on any atom is 0.290 e. The van der Waals surface area contributed by atoms with E-state index in [0.29, 0.717) is 6.42 Å². The van der Waals surface area contributed by atoms with Crippen molar-refractivity contribution in [1.29, 1.82) is 0 Å². The Bertz CT molecular complexity index is 1160. The molecule has 148 valence electrons. The third kappa shape index (κ3) is 3.10. The van der Waals surface area contributed by atoms with Gasteiger partial charge in [0.05, 0.1) is 11.6 Å². The summed E-state index contributed by atoms with van der Waals surface area (Å²) >= 11 is 0. The smallest absolute Gasteiger partial charge is 0.290 e. The Morgan fingerprint density at radius 1 is 1.17 bits per heavy atom. The van der Waals surface area contributed by atoms with Crippen molar-refractivity contribution in [1.82, 2.24) is 9.88 Å². The van der Waals surface area contributed by atoms with Crippen LogP contribution in [-0.4, -0.2) is 33.2 Å². The number of amides is 1. The summed E-state index contributed by atoms with van der Waals surface area (Å²) in [7, 11) is 0. The fraction of sp³-hybridized carbons (Fsp3) is 0.217. The normalized spacial score (nSPS) is 16.9. The van der Waals surface area contributed by atoms with E-state index >= 15 is 0 Å². The molecule has 0 radical (unpaired) electrons. The molecule has 29 heavy (non-hydrogen) atoms. The van der Waals surface area contributed by atoms with Crippen LogP contribution in [0.4, 0.5) is 4.39 Å². The summed E-state index contributed by atoms with van der Waals surface area (Å²) in [6, 6.07) is 13.0. The first-order valence-corrected chi connectivity index (χ1v) is 9.45. The van der Waals surface area contributed by atoms with Gasteiger partial charge in [0.15, 0.2) is 11.5 Å². The molecule has 0 aliphatic carbocycles. The second-order valence-electron chi connectivity index (χ2n) is 7.27. The van der Waals surface area contributed by atoms with Crippen molar-refractivity contribution in [2.45, 2.75) is 26.3 Å². The average Bonchev–Trinajstić information content (AvgIpc) is 3.14. The maximum absolute atomic E-state index is 14.5. The van der Waals surface area contributed by atoms with Crippen molar-refractivity contribution in [3.05, 3.63) is 82.5 Å². The number of benzene rings is 2. The lowest BCUT2D eigenvalue weighted by Crippen LogP contribution is -2.33. The van der Waals surface area contributed by atoms with E-state index in [9.17, 15) is 19.1 Å². The van der Waals surface area contributed by atoms with Crippen molar-refractivity contribution in [3.8, 4) is 0 Å². The molecule has 5 nitrogen and oxygen atoms in total. The van der Waals surface area contributed by atoms with Gasteiger partial charge in [-0.1, -0.05) is 36.4 Å². The number of halogens is 1. The van der Waals surface area contributed by atoms with Gasteiger partial charge in [-0.15, -0.1) is 0 Å². The summed E-state index contributed by atoms with van der Waals surface area (Å²) in [5, 5.41) is 11.4. The average molecular weight is 392 g/mol. The molecule has 2 heterocycles. The van der Waals surface area contributed by atoms with Crippen LogP contribution < -0.4 is 0 Å². The minimum Gasteiger partial charge on any atom is -0.503 e. The van der Waals surface area contributed by atoms with Gasteiger partial charge in [0.1, 0.15) is 5.82 Å². The second kappa shape index (κ2) is 7.20. The van der Waals surface area contributed by atoms with Crippen LogP contribution >= 0.6 is 0 Å². The van der Waals surface area contributed by atoms with Crippen molar-refractivity contribution < 1.29 is 19.1 Å². The van der Waals surface area contributed by atoms with E-state index in [0.717, 1.165) is 22.2 Å². The van der Waals surface area contributed by atoms with Crippen LogP contribution in [0.1, 0.15) is 29.8 Å². The Morgan fingerprint density at radius 2 is 1.86 bits per heavy atom. The molecule has 1 aliphatic heterocycles. The number of para-hydroxylation sites is 1. The first kappa shape index (κ1) is 18.9. The van der Waals surface area contributed by atoms with Gasteiger partial charge in [0, 0.05) is 28.7 Å². The molecule has 0 spiro atoms. The number of ketones is 1. The lowest BCUT2D eigenvalue weighted by atomic mass is 9.96. The largest absolute Gasteiger partial charge is 0.503 e. The van der Waals surface area contributed by atoms with Gasteiger partial charge in [0.2, 0.25) is 0 Å². The molecule has 3 aromatic rings. The van der Waals surface area contributed by atoms with E-state index in [-0.39, 0.29) is 17.7 Å². The number of aromatic amines is 1. The molecule has 0 saturated heterocycles. The number of aliphatic hydroxyl groups excluding tert-OH is 1. The van der Waals surface area contributed by atoms with Gasteiger partial charge in [-0.2, -0.15) is 0 Å². The van der Waals surface area contributed by atoms with Crippen molar-refractivity contribution in [2.75, 3.05) is 6.54 Å². The molecule has 1 unspecified atom stereocenters. The summed E-state index contributed by atoms with van der Waals surface area (Å²) in [4.78, 5) is 29.6. The number of Topliss-reactive ketones (excluding diaryl/α,β-unsaturated/α-hetero) is 1. The molecule has 1 amide bonds. The molecule has 2 N–H and O–H groups in total. The third-order valence-electron chi connectivity index (χ3n) is 5.51. The van der Waals surface area contributed by atoms with Crippen molar-refractivity contribution in [3.63, 3.8) is 0 Å². The summed E-state index contributed by atoms with van der Waals surface area (Å²) in [6.07, 6.45) is 0.505. The summed E-state index contributed by atoms with van der Waals surface area (Å²) in [6.45, 7) is 3.48. The summed E-state index contributed by atoms with van der Waals surface area (Å²) in [5.41, 5.74) is 3.19. The number of carbonyl (C=O) groups is 2. The predicted octanol–water partition coefficient (Wildman–Crippen LogP) is 4.14. The Balaban J connectivity index is 1.72. The highest BCUT2D eigenvalue weighted by Gasteiger charge is 2.43. The number of nitrogens with one attached hydrogen (secondary N) is 1. The molecular formula is C23H21FN2O3. The number of fused-ring (bicyclic) bond motifs is 1. The zero-order chi connectivity index (χ0) is 20.7. The van der Waals surface area contributed by atoms with E-state index in [1.54, 1.807) is 18.2 Å². The number of hydrogen-bond acceptors (Lipinski definition) is 3. The van der Waals surface area contributed by atoms with Gasteiger partial charge in [-0.05, 0) is 38.0 Å². The number of H-pyrrole nitrogens is 1. The topological polar surface area (TPSA) is 73.4 Å². The van der Waals surface area contributed by atoms with Gasteiger partial charge < -0.3 is 15.0 Å². The highest BCUT2D eigenvalue weighted by Crippen LogP contribution is 2.39. The molecule has 0 saturated carbocycles. The van der Waals surface area contributed by atoms with Crippen LogP contribution in [-0.2, 0) is 16.0 Å². The summed E-state index contributed by atoms with van der Waals surface area (Å²) < 4.78 is 14.5. The van der Waals surface area contributed by atoms with Gasteiger partial charge in [-0.3, -0.25) is 9.59 Å². The predicted molar refractivity (Wildman–Crippen MR) is 108 cm³/mol. The van der Waals surface area contributed by atoms with E-state index < -0.39 is 29.3 Å². The quantitative estimate of drug-likeness (QED) is 0.685. The molecule has 4 rings (SSSR count). The van der Waals surface area contributed by atoms with Gasteiger partial charge in [-0.25, -0.2) is 4.39 Å². The minimum atomic E-state index is -0.938. The Kier molecular flexibility index (Phi) is 4.70. The number of aliphatic hydroxyl groups is 1. The fourth-order valence-corrected chi connectivity index (χ4v) is 4.15. The number of nitrogens with zero attached hydrogens (tertiary/aromatic N) is 1. The van der Waals surface area contributed by atoms with E-state index in [1.807, 2.05) is 31.2 Å². The molecule has 1 aliphatic rings. The number of aryl methyl sites for hydroxylation is 1. The lowest BCUT2D eigenvalue weighted by Gasteiger charge is -2.27. The number of hydrogen-bond donors (Lipinski definition) is 2. The second-order valence-corrected chi connectivity index (χ2v) is 7.27. The summed E-state index contributed by atoms with van der Waals surface area (Å²) in [5.74, 6) is -2.22. The van der Waals surface area contributed by atoms with Crippen molar-refractivity contribution in [2.24, 2.45) is 0 Å². The lowest BCUT2D eigenvalue weighted by molar-refractivity contribution is -0.129. The fourth-order valence-electron chi connectivity index (χ4n) is 4.15. The first-order chi connectivity index (χ1) is 13.9. The number of aromatic nitrogens is 1. The first-order valence-electron chi connectivity index (χ1n) is 9.45. The van der Waals surface area contributed by atoms with Crippen LogP contribution in [0.3, 0.4) is 0 Å². The molecular weight excluding hydrogens is 371 g/mol. The zero-order valence-corrected chi connectivity index (χ0v) is 16.2. The molecule has 1 aromatic heterocycles. The zero-order valence-electron chi connectivity index (χ0n) is 16.2. The van der Waals surface area contributed by atoms with E-state index in [1.165, 1.54) is 17.9 Å². The van der Waals surface area contributed by atoms with Crippen LogP contribution in [0.15, 0.2) is 59.9 Å². The number of carbonyl (C=O) groups excluding carboxylic acids is 2.